The van der Waals surface area contributed by atoms with Gasteiger partial charge in [0, 0.05) is 36.5 Å². The van der Waals surface area contributed by atoms with Gasteiger partial charge in [-0.1, -0.05) is 11.8 Å². The van der Waals surface area contributed by atoms with Crippen LogP contribution < -0.4 is 11.1 Å². The Kier molecular flexibility index (Phi) is 5.89. The fraction of sp³-hybridized carbons (Fsp3) is 0.400. The lowest BCUT2D eigenvalue weighted by Crippen LogP contribution is -2.37. The molecule has 2 aromatic rings. The zero-order chi connectivity index (χ0) is 22.2. The number of amides is 1. The highest BCUT2D eigenvalue weighted by Crippen LogP contribution is 2.52. The Hall–Kier alpha value is -2.66. The number of nitrogens with zero attached hydrogens (tertiary/aromatic N) is 3. The number of aliphatic imine (C=N–C) groups is 1. The van der Waals surface area contributed by atoms with Crippen LogP contribution in [0.1, 0.15) is 41.0 Å². The van der Waals surface area contributed by atoms with E-state index in [1.165, 1.54) is 30.0 Å². The van der Waals surface area contributed by atoms with Gasteiger partial charge in [-0.05, 0) is 24.6 Å². The van der Waals surface area contributed by atoms with E-state index >= 15 is 0 Å². The van der Waals surface area contributed by atoms with Crippen molar-refractivity contribution in [1.82, 2.24) is 9.97 Å². The van der Waals surface area contributed by atoms with Gasteiger partial charge in [0.1, 0.15) is 17.2 Å². The summed E-state index contributed by atoms with van der Waals surface area (Å²) in [5.41, 5.74) is 5.11. The molecule has 31 heavy (non-hydrogen) atoms. The maximum Gasteiger partial charge on any atom is 0.281 e. The standard InChI is InChI=1S/C20H20F3N5O2S/c1-30-12-4-10-9-31-19(24)28-20(10,6-12)13-5-11(2-3-14(13)21)27-18(29)16-8-25-15(7-26-16)17(22)23/h2-3,5,7-8,10,12,17H,4,6,9H2,1H3,(H2,24,28)(H,27,29). The summed E-state index contributed by atoms with van der Waals surface area (Å²) >= 11 is 1.43. The van der Waals surface area contributed by atoms with E-state index < -0.39 is 29.4 Å². The van der Waals surface area contributed by atoms with Gasteiger partial charge in [-0.2, -0.15) is 0 Å². The Morgan fingerprint density at radius 3 is 2.84 bits per heavy atom. The van der Waals surface area contributed by atoms with Crippen LogP contribution in [0.15, 0.2) is 35.6 Å². The summed E-state index contributed by atoms with van der Waals surface area (Å²) in [6.07, 6.45) is 0.161. The van der Waals surface area contributed by atoms with Crippen molar-refractivity contribution in [3.8, 4) is 0 Å². The van der Waals surface area contributed by atoms with Crippen molar-refractivity contribution in [3.63, 3.8) is 0 Å². The summed E-state index contributed by atoms with van der Waals surface area (Å²) in [6, 6.07) is 4.21. The van der Waals surface area contributed by atoms with E-state index in [-0.39, 0.29) is 17.7 Å². The molecule has 2 aliphatic rings. The highest BCUT2D eigenvalue weighted by Gasteiger charge is 2.52. The summed E-state index contributed by atoms with van der Waals surface area (Å²) in [5.74, 6) is -0.382. The minimum Gasteiger partial charge on any atom is -0.381 e. The van der Waals surface area contributed by atoms with Gasteiger partial charge in [0.15, 0.2) is 5.17 Å². The molecule has 7 nitrogen and oxygen atoms in total. The van der Waals surface area contributed by atoms with Gasteiger partial charge >= 0.3 is 0 Å². The molecule has 3 unspecified atom stereocenters. The zero-order valence-electron chi connectivity index (χ0n) is 16.5. The molecule has 1 saturated carbocycles. The predicted octanol–water partition coefficient (Wildman–Crippen LogP) is 3.49. The second-order valence-electron chi connectivity index (χ2n) is 7.46. The van der Waals surface area contributed by atoms with E-state index in [0.29, 0.717) is 28.6 Å². The van der Waals surface area contributed by atoms with Gasteiger partial charge in [0.2, 0.25) is 0 Å². The number of fused-ring (bicyclic) bond motifs is 1. The fourth-order valence-corrected chi connectivity index (χ4v) is 5.15. The van der Waals surface area contributed by atoms with Gasteiger partial charge in [0.25, 0.3) is 12.3 Å². The maximum atomic E-state index is 15.0. The van der Waals surface area contributed by atoms with Crippen LogP contribution in [0.4, 0.5) is 18.9 Å². The van der Waals surface area contributed by atoms with Crippen LogP contribution in [-0.2, 0) is 10.3 Å². The number of methoxy groups -OCH3 is 1. The highest BCUT2D eigenvalue weighted by atomic mass is 32.2. The number of nitrogens with one attached hydrogen (secondary N) is 1. The molecule has 1 fully saturated rings. The van der Waals surface area contributed by atoms with Crippen LogP contribution in [-0.4, -0.2) is 40.0 Å². The Morgan fingerprint density at radius 1 is 1.35 bits per heavy atom. The van der Waals surface area contributed by atoms with E-state index in [0.717, 1.165) is 18.8 Å². The third-order valence-electron chi connectivity index (χ3n) is 5.66. The lowest BCUT2D eigenvalue weighted by molar-refractivity contribution is 0.101. The summed E-state index contributed by atoms with van der Waals surface area (Å²) < 4.78 is 45.7. The van der Waals surface area contributed by atoms with Crippen LogP contribution >= 0.6 is 11.8 Å². The van der Waals surface area contributed by atoms with Crippen molar-refractivity contribution in [1.29, 1.82) is 0 Å². The number of ether oxygens (including phenoxy) is 1. The second-order valence-corrected chi connectivity index (χ2v) is 8.50. The molecule has 0 saturated heterocycles. The molecule has 3 atom stereocenters. The van der Waals surface area contributed by atoms with Crippen LogP contribution in [0.25, 0.3) is 0 Å². The molecule has 4 rings (SSSR count). The second kappa shape index (κ2) is 8.46. The van der Waals surface area contributed by atoms with E-state index in [9.17, 15) is 18.0 Å². The molecule has 0 spiro atoms. The minimum absolute atomic E-state index is 0.0305. The third kappa shape index (κ3) is 4.11. The van der Waals surface area contributed by atoms with E-state index in [1.807, 2.05) is 0 Å². The van der Waals surface area contributed by atoms with Crippen molar-refractivity contribution in [2.24, 2.45) is 16.6 Å². The molecule has 1 aromatic carbocycles. The lowest BCUT2D eigenvalue weighted by atomic mass is 9.81. The predicted molar refractivity (Wildman–Crippen MR) is 111 cm³/mol. The van der Waals surface area contributed by atoms with Gasteiger partial charge in [-0.15, -0.1) is 0 Å². The smallest absolute Gasteiger partial charge is 0.281 e. The van der Waals surface area contributed by atoms with Gasteiger partial charge in [-0.3, -0.25) is 14.8 Å². The average Bonchev–Trinajstić information content (AvgIpc) is 3.14. The topological polar surface area (TPSA) is 102 Å². The molecular formula is C20H20F3N5O2S. The van der Waals surface area contributed by atoms with Crippen LogP contribution in [0.3, 0.4) is 0 Å². The molecule has 1 aliphatic heterocycles. The third-order valence-corrected chi connectivity index (χ3v) is 6.61. The SMILES string of the molecule is COC1CC2CSC(N)=NC2(c2cc(NC(=O)c3cnc(C(F)F)cn3)ccc2F)C1. The number of halogens is 3. The number of benzene rings is 1. The summed E-state index contributed by atoms with van der Waals surface area (Å²) in [5, 5.41) is 3.00. The Morgan fingerprint density at radius 2 is 2.16 bits per heavy atom. The first-order chi connectivity index (χ1) is 14.8. The number of carbonyl (C=O) groups is 1. The molecule has 11 heteroatoms. The van der Waals surface area contributed by atoms with Crippen molar-refractivity contribution in [2.45, 2.75) is 30.9 Å². The number of amidine groups is 1. The summed E-state index contributed by atoms with van der Waals surface area (Å²) in [6.45, 7) is 0. The Bertz CT molecular complexity index is 1020. The first-order valence-corrected chi connectivity index (χ1v) is 10.5. The number of carbonyl (C=O) groups excluding carboxylic acids is 1. The summed E-state index contributed by atoms with van der Waals surface area (Å²) in [4.78, 5) is 24.4. The minimum atomic E-state index is -2.78. The van der Waals surface area contributed by atoms with Crippen molar-refractivity contribution >= 4 is 28.5 Å². The molecule has 1 aromatic heterocycles. The summed E-state index contributed by atoms with van der Waals surface area (Å²) in [7, 11) is 1.61. The number of thioether (sulfide) groups is 1. The number of alkyl halides is 2. The lowest BCUT2D eigenvalue weighted by Gasteiger charge is -2.36. The first-order valence-electron chi connectivity index (χ1n) is 9.55. The van der Waals surface area contributed by atoms with Gasteiger partial charge in [0.05, 0.1) is 24.0 Å². The van der Waals surface area contributed by atoms with Crippen molar-refractivity contribution in [3.05, 3.63) is 53.4 Å². The van der Waals surface area contributed by atoms with Gasteiger partial charge < -0.3 is 15.8 Å². The fourth-order valence-electron chi connectivity index (χ4n) is 4.13. The number of aromatic nitrogens is 2. The number of rotatable bonds is 5. The van der Waals surface area contributed by atoms with E-state index in [4.69, 9.17) is 10.5 Å². The monoisotopic (exact) mass is 451 g/mol. The highest BCUT2D eigenvalue weighted by molar-refractivity contribution is 8.13. The molecular weight excluding hydrogens is 431 g/mol. The number of hydrogen-bond donors (Lipinski definition) is 2. The largest absolute Gasteiger partial charge is 0.381 e. The quantitative estimate of drug-likeness (QED) is 0.722. The Balaban J connectivity index is 1.64. The molecule has 1 amide bonds. The first kappa shape index (κ1) is 21.6. The molecule has 164 valence electrons. The van der Waals surface area contributed by atoms with Crippen LogP contribution in [0, 0.1) is 11.7 Å². The van der Waals surface area contributed by atoms with E-state index in [2.05, 4.69) is 20.3 Å². The molecule has 2 heterocycles. The molecule has 1 aliphatic carbocycles. The van der Waals surface area contributed by atoms with Crippen LogP contribution in [0.2, 0.25) is 0 Å². The Labute approximate surface area is 180 Å². The van der Waals surface area contributed by atoms with Gasteiger partial charge in [-0.25, -0.2) is 18.2 Å². The number of hydrogen-bond acceptors (Lipinski definition) is 7. The number of anilines is 1. The van der Waals surface area contributed by atoms with E-state index in [1.54, 1.807) is 7.11 Å². The van der Waals surface area contributed by atoms with Crippen molar-refractivity contribution < 1.29 is 22.7 Å². The van der Waals surface area contributed by atoms with Crippen LogP contribution in [0.5, 0.6) is 0 Å². The molecule has 0 radical (unpaired) electrons. The average molecular weight is 451 g/mol. The normalized spacial score (nSPS) is 25.3. The maximum absolute atomic E-state index is 15.0. The number of nitrogens with two attached hydrogens (primary N) is 1. The zero-order valence-corrected chi connectivity index (χ0v) is 17.3. The molecule has 3 N–H and O–H groups in total. The molecule has 0 bridgehead atoms. The van der Waals surface area contributed by atoms with Crippen molar-refractivity contribution in [2.75, 3.05) is 18.2 Å².